The molecule has 7 nitrogen and oxygen atoms in total. The number of nitrogens with one attached hydrogen (secondary N) is 1. The Morgan fingerprint density at radius 1 is 1.34 bits per heavy atom. The van der Waals surface area contributed by atoms with Crippen LogP contribution in [0.2, 0.25) is 0 Å². The van der Waals surface area contributed by atoms with E-state index in [-0.39, 0.29) is 33.9 Å². The van der Waals surface area contributed by atoms with Crippen molar-refractivity contribution in [3.63, 3.8) is 0 Å². The molecular weight excluding hydrogens is 405 g/mol. The number of aryl methyl sites for hydroxylation is 1. The molecule has 1 atom stereocenters. The molecule has 1 spiro atoms. The van der Waals surface area contributed by atoms with Crippen LogP contribution in [0.1, 0.15) is 25.5 Å². The SMILES string of the molecule is CCNC(=O)N1CC[C@@]2(CCn3nc(-c4cnc(N)c(SC(F)(F)F)c4)cc32)C1. The topological polar surface area (TPSA) is 89.1 Å². The van der Waals surface area contributed by atoms with E-state index in [1.54, 1.807) is 0 Å². The summed E-state index contributed by atoms with van der Waals surface area (Å²) in [7, 11) is 0. The first kappa shape index (κ1) is 19.9. The van der Waals surface area contributed by atoms with Gasteiger partial charge in [0.1, 0.15) is 5.82 Å². The minimum absolute atomic E-state index is 0.0703. The van der Waals surface area contributed by atoms with Crippen LogP contribution in [0, 0.1) is 0 Å². The fourth-order valence-corrected chi connectivity index (χ4v) is 4.72. The average molecular weight is 426 g/mol. The fourth-order valence-electron chi connectivity index (χ4n) is 4.13. The number of thioether (sulfide) groups is 1. The summed E-state index contributed by atoms with van der Waals surface area (Å²) < 4.78 is 40.2. The van der Waals surface area contributed by atoms with Gasteiger partial charge in [-0.05, 0) is 43.7 Å². The molecule has 0 saturated carbocycles. The number of nitrogens with zero attached hydrogens (tertiary/aromatic N) is 4. The van der Waals surface area contributed by atoms with Crippen LogP contribution in [-0.4, -0.2) is 50.8 Å². The zero-order chi connectivity index (χ0) is 20.8. The number of nitrogen functional groups attached to an aromatic ring is 1. The van der Waals surface area contributed by atoms with Crippen LogP contribution in [0.3, 0.4) is 0 Å². The van der Waals surface area contributed by atoms with Gasteiger partial charge in [-0.2, -0.15) is 18.3 Å². The third-order valence-electron chi connectivity index (χ3n) is 5.50. The molecule has 2 aromatic rings. The van der Waals surface area contributed by atoms with E-state index in [1.807, 2.05) is 22.6 Å². The van der Waals surface area contributed by atoms with Crippen molar-refractivity contribution < 1.29 is 18.0 Å². The lowest BCUT2D eigenvalue weighted by Crippen LogP contribution is -2.40. The van der Waals surface area contributed by atoms with E-state index in [2.05, 4.69) is 15.4 Å². The van der Waals surface area contributed by atoms with Crippen molar-refractivity contribution in [3.05, 3.63) is 24.0 Å². The summed E-state index contributed by atoms with van der Waals surface area (Å²) in [6, 6.07) is 3.21. The number of pyridine rings is 1. The molecule has 2 aromatic heterocycles. The summed E-state index contributed by atoms with van der Waals surface area (Å²) in [5.74, 6) is -0.160. The van der Waals surface area contributed by atoms with Gasteiger partial charge < -0.3 is 16.0 Å². The number of nitrogens with two attached hydrogens (primary N) is 1. The lowest BCUT2D eigenvalue weighted by atomic mass is 9.82. The summed E-state index contributed by atoms with van der Waals surface area (Å²) in [5, 5.41) is 7.41. The number of hydrogen-bond donors (Lipinski definition) is 2. The maximum absolute atomic E-state index is 12.8. The Balaban J connectivity index is 1.61. The molecule has 4 heterocycles. The van der Waals surface area contributed by atoms with Crippen LogP contribution in [0.15, 0.2) is 23.2 Å². The number of likely N-dealkylation sites (tertiary alicyclic amines) is 1. The molecular formula is C18H21F3N6OS. The quantitative estimate of drug-likeness (QED) is 0.736. The maximum Gasteiger partial charge on any atom is 0.446 e. The lowest BCUT2D eigenvalue weighted by Gasteiger charge is -2.23. The van der Waals surface area contributed by atoms with E-state index in [1.165, 1.54) is 12.3 Å². The number of urea groups is 1. The second kappa shape index (κ2) is 7.12. The van der Waals surface area contributed by atoms with Gasteiger partial charge in [-0.25, -0.2) is 9.78 Å². The summed E-state index contributed by atoms with van der Waals surface area (Å²) in [6.45, 7) is 4.45. The van der Waals surface area contributed by atoms with Crippen molar-refractivity contribution in [2.75, 3.05) is 25.4 Å². The molecule has 2 aliphatic heterocycles. The van der Waals surface area contributed by atoms with Crippen LogP contribution in [0.25, 0.3) is 11.3 Å². The van der Waals surface area contributed by atoms with Gasteiger partial charge in [-0.3, -0.25) is 4.68 Å². The highest BCUT2D eigenvalue weighted by molar-refractivity contribution is 8.00. The van der Waals surface area contributed by atoms with Crippen LogP contribution in [0.5, 0.6) is 0 Å². The molecule has 0 aromatic carbocycles. The highest BCUT2D eigenvalue weighted by atomic mass is 32.2. The minimum Gasteiger partial charge on any atom is -0.383 e. The predicted molar refractivity (Wildman–Crippen MR) is 103 cm³/mol. The maximum atomic E-state index is 12.8. The van der Waals surface area contributed by atoms with Gasteiger partial charge in [-0.1, -0.05) is 0 Å². The average Bonchev–Trinajstić information content (AvgIpc) is 3.33. The standard InChI is InChI=1S/C18H21F3N6OS/c1-2-23-16(28)26-5-3-17(10-26)4-6-27-14(17)8-12(25-27)11-7-13(15(22)24-9-11)29-18(19,20)21/h7-9H,2-6,10H2,1H3,(H2,22,24)(H,23,28)/t17-/m1/s1. The Morgan fingerprint density at radius 2 is 2.10 bits per heavy atom. The van der Waals surface area contributed by atoms with E-state index >= 15 is 0 Å². The molecule has 0 aliphatic carbocycles. The summed E-state index contributed by atoms with van der Waals surface area (Å²) in [4.78, 5) is 17.8. The number of carbonyl (C=O) groups is 1. The number of amides is 2. The highest BCUT2D eigenvalue weighted by Crippen LogP contribution is 2.44. The second-order valence-corrected chi connectivity index (χ2v) is 8.44. The van der Waals surface area contributed by atoms with Crippen molar-refractivity contribution in [3.8, 4) is 11.3 Å². The van der Waals surface area contributed by atoms with Gasteiger partial charge in [0.05, 0.1) is 10.6 Å². The number of alkyl halides is 3. The first-order valence-corrected chi connectivity index (χ1v) is 10.2. The van der Waals surface area contributed by atoms with Crippen molar-refractivity contribution in [1.29, 1.82) is 0 Å². The van der Waals surface area contributed by atoms with Crippen molar-refractivity contribution >= 4 is 23.6 Å². The number of carbonyl (C=O) groups excluding carboxylic acids is 1. The molecule has 11 heteroatoms. The molecule has 29 heavy (non-hydrogen) atoms. The molecule has 4 rings (SSSR count). The van der Waals surface area contributed by atoms with Crippen LogP contribution in [-0.2, 0) is 12.0 Å². The van der Waals surface area contributed by atoms with Gasteiger partial charge in [-0.15, -0.1) is 0 Å². The number of anilines is 1. The molecule has 0 radical (unpaired) electrons. The van der Waals surface area contributed by atoms with Crippen molar-refractivity contribution in [1.82, 2.24) is 25.0 Å². The first-order valence-electron chi connectivity index (χ1n) is 9.33. The zero-order valence-corrected chi connectivity index (χ0v) is 16.6. The van der Waals surface area contributed by atoms with E-state index in [0.717, 1.165) is 18.5 Å². The lowest BCUT2D eigenvalue weighted by molar-refractivity contribution is -0.0328. The zero-order valence-electron chi connectivity index (χ0n) is 15.8. The highest BCUT2D eigenvalue weighted by Gasteiger charge is 2.46. The Kier molecular flexibility index (Phi) is 4.88. The molecule has 1 saturated heterocycles. The minimum atomic E-state index is -4.44. The summed E-state index contributed by atoms with van der Waals surface area (Å²) in [5.41, 5.74) is 3.06. The predicted octanol–water partition coefficient (Wildman–Crippen LogP) is 3.22. The van der Waals surface area contributed by atoms with Crippen LogP contribution < -0.4 is 11.1 Å². The monoisotopic (exact) mass is 426 g/mol. The molecule has 1 fully saturated rings. The van der Waals surface area contributed by atoms with Gasteiger partial charge in [0, 0.05) is 49.0 Å². The number of hydrogen-bond acceptors (Lipinski definition) is 5. The van der Waals surface area contributed by atoms with E-state index in [0.29, 0.717) is 37.4 Å². The van der Waals surface area contributed by atoms with Gasteiger partial charge in [0.25, 0.3) is 0 Å². The molecule has 2 amide bonds. The largest absolute Gasteiger partial charge is 0.446 e. The van der Waals surface area contributed by atoms with Crippen molar-refractivity contribution in [2.45, 2.75) is 42.1 Å². The summed E-state index contributed by atoms with van der Waals surface area (Å²) >= 11 is -0.279. The Bertz CT molecular complexity index is 946. The van der Waals surface area contributed by atoms with Crippen LogP contribution in [0.4, 0.5) is 23.8 Å². The van der Waals surface area contributed by atoms with E-state index in [4.69, 9.17) is 5.73 Å². The van der Waals surface area contributed by atoms with E-state index < -0.39 is 5.51 Å². The Hall–Kier alpha value is -2.43. The van der Waals surface area contributed by atoms with Gasteiger partial charge >= 0.3 is 11.5 Å². The molecule has 156 valence electrons. The number of halogens is 3. The number of rotatable bonds is 3. The van der Waals surface area contributed by atoms with Gasteiger partial charge in [0.2, 0.25) is 0 Å². The van der Waals surface area contributed by atoms with Crippen LogP contribution >= 0.6 is 11.8 Å². The van der Waals surface area contributed by atoms with Crippen molar-refractivity contribution in [2.24, 2.45) is 0 Å². The second-order valence-electron chi connectivity index (χ2n) is 7.33. The first-order chi connectivity index (χ1) is 13.7. The Morgan fingerprint density at radius 3 is 2.83 bits per heavy atom. The third kappa shape index (κ3) is 3.75. The molecule has 2 aliphatic rings. The molecule has 3 N–H and O–H groups in total. The number of fused-ring (bicyclic) bond motifs is 2. The Labute approximate surface area is 169 Å². The van der Waals surface area contributed by atoms with Gasteiger partial charge in [0.15, 0.2) is 0 Å². The molecule has 0 bridgehead atoms. The normalized spacial score (nSPS) is 21.0. The van der Waals surface area contributed by atoms with E-state index in [9.17, 15) is 18.0 Å². The third-order valence-corrected chi connectivity index (χ3v) is 6.28. The molecule has 0 unspecified atom stereocenters. The number of aromatic nitrogens is 3. The smallest absolute Gasteiger partial charge is 0.383 e. The summed E-state index contributed by atoms with van der Waals surface area (Å²) in [6.07, 6.45) is 3.17. The fraction of sp³-hybridized carbons (Fsp3) is 0.500.